The molecule has 3 aromatic rings. The van der Waals surface area contributed by atoms with E-state index >= 15 is 0 Å². The van der Waals surface area contributed by atoms with Gasteiger partial charge < -0.3 is 34.4 Å². The number of nitrogens with zero attached hydrogens (tertiary/aromatic N) is 2. The predicted molar refractivity (Wildman–Crippen MR) is 212 cm³/mol. The van der Waals surface area contributed by atoms with Gasteiger partial charge in [0.15, 0.2) is 5.75 Å². The van der Waals surface area contributed by atoms with Crippen LogP contribution in [0.15, 0.2) is 54.6 Å². The van der Waals surface area contributed by atoms with Crippen molar-refractivity contribution in [1.82, 2.24) is 15.1 Å². The van der Waals surface area contributed by atoms with E-state index in [1.54, 1.807) is 21.9 Å². The van der Waals surface area contributed by atoms with Crippen LogP contribution >= 0.6 is 90.4 Å². The number of rotatable bonds is 12. The number of halogens is 4. The van der Waals surface area contributed by atoms with Gasteiger partial charge in [-0.2, -0.15) is 0 Å². The van der Waals surface area contributed by atoms with Gasteiger partial charge in [0.2, 0.25) is 11.8 Å². The van der Waals surface area contributed by atoms with Crippen molar-refractivity contribution in [1.29, 1.82) is 0 Å². The summed E-state index contributed by atoms with van der Waals surface area (Å²) in [6, 6.07) is 15.8. The molecular weight excluding hydrogens is 1070 g/mol. The second-order valence-corrected chi connectivity index (χ2v) is 15.5. The lowest BCUT2D eigenvalue weighted by atomic mass is 10.1. The minimum atomic E-state index is -0.911. The Morgan fingerprint density at radius 1 is 0.833 bits per heavy atom. The summed E-state index contributed by atoms with van der Waals surface area (Å²) in [4.78, 5) is 53.9. The van der Waals surface area contributed by atoms with Gasteiger partial charge in [-0.25, -0.2) is 9.59 Å². The van der Waals surface area contributed by atoms with E-state index in [-0.39, 0.29) is 43.4 Å². The molecule has 0 aromatic heterocycles. The maximum atomic E-state index is 12.8. The lowest BCUT2D eigenvalue weighted by Gasteiger charge is -2.34. The molecule has 48 heavy (non-hydrogen) atoms. The number of benzene rings is 3. The molecule has 2 N–H and O–H groups in total. The predicted octanol–water partition coefficient (Wildman–Crippen LogP) is 6.45. The largest absolute Gasteiger partial charge is 0.506 e. The van der Waals surface area contributed by atoms with Crippen molar-refractivity contribution in [2.75, 3.05) is 33.3 Å². The summed E-state index contributed by atoms with van der Waals surface area (Å²) in [5.41, 5.74) is 1.71. The molecular formula is C33H33I4N3O8. The minimum Gasteiger partial charge on any atom is -0.506 e. The third-order valence-corrected chi connectivity index (χ3v) is 10.7. The molecule has 1 aliphatic heterocycles. The number of carbonyl (C=O) groups excluding carboxylic acids is 4. The number of esters is 1. The number of aromatic hydroxyl groups is 1. The molecule has 0 radical (unpaired) electrons. The van der Waals surface area contributed by atoms with Crippen LogP contribution in [0.25, 0.3) is 0 Å². The summed E-state index contributed by atoms with van der Waals surface area (Å²) >= 11 is 8.43. The quantitative estimate of drug-likeness (QED) is 0.156. The van der Waals surface area contributed by atoms with E-state index in [0.29, 0.717) is 51.2 Å². The Bertz CT molecular complexity index is 1590. The van der Waals surface area contributed by atoms with Crippen LogP contribution in [0.1, 0.15) is 30.4 Å². The van der Waals surface area contributed by atoms with Gasteiger partial charge in [0.05, 0.1) is 21.4 Å². The Balaban J connectivity index is 1.23. The molecule has 1 aliphatic rings. The van der Waals surface area contributed by atoms with E-state index in [9.17, 15) is 24.3 Å². The molecule has 1 fully saturated rings. The van der Waals surface area contributed by atoms with Crippen molar-refractivity contribution in [2.24, 2.45) is 0 Å². The van der Waals surface area contributed by atoms with Crippen LogP contribution in [0, 0.1) is 14.3 Å². The number of hydrogen-bond acceptors (Lipinski definition) is 8. The second-order valence-electron chi connectivity index (χ2n) is 10.8. The molecule has 0 spiro atoms. The molecule has 1 heterocycles. The average molecular weight is 1110 g/mol. The fraction of sp³-hybridized carbons (Fsp3) is 0.333. The fourth-order valence-corrected chi connectivity index (χ4v) is 8.72. The highest BCUT2D eigenvalue weighted by atomic mass is 127. The number of nitrogens with one attached hydrogen (secondary N) is 1. The molecule has 3 amide bonds. The Hall–Kier alpha value is -2.14. The van der Waals surface area contributed by atoms with E-state index in [1.165, 1.54) is 7.11 Å². The van der Waals surface area contributed by atoms with Crippen LogP contribution in [0.4, 0.5) is 4.79 Å². The number of phenols is 1. The van der Waals surface area contributed by atoms with Crippen molar-refractivity contribution in [3.63, 3.8) is 0 Å². The van der Waals surface area contributed by atoms with Crippen molar-refractivity contribution in [2.45, 2.75) is 38.3 Å². The SMILES string of the molecule is COC(=O)C(Cc1cc(I)c(Oc2cc(I)c(O)c(I)c2)c(I)c1)NC(=O)CCCC(=O)N1CCN(C(=O)OCc2ccccc2)CC1. The lowest BCUT2D eigenvalue weighted by Crippen LogP contribution is -2.50. The molecule has 1 saturated heterocycles. The average Bonchev–Trinajstić information content (AvgIpc) is 3.07. The van der Waals surface area contributed by atoms with E-state index in [0.717, 1.165) is 18.3 Å². The van der Waals surface area contributed by atoms with Crippen LogP contribution in [0.2, 0.25) is 0 Å². The normalized spacial score (nSPS) is 13.4. The first-order chi connectivity index (χ1) is 22.9. The zero-order valence-corrected chi connectivity index (χ0v) is 34.5. The standard InChI is InChI=1S/C33H33I4N3O8/c1-46-32(44)27(16-21-14-25(36)31(26(37)15-21)48-22-17-23(34)30(43)24(35)18-22)38-28(41)8-5-9-29(42)39-10-12-40(13-11-39)33(45)47-19-20-6-3-2-4-7-20/h2-4,6-7,14-15,17-18,27,43H,5,8-13,16,19H2,1H3,(H,38,41). The Labute approximate surface area is 333 Å². The Morgan fingerprint density at radius 3 is 2.04 bits per heavy atom. The highest BCUT2D eigenvalue weighted by Gasteiger charge is 2.26. The van der Waals surface area contributed by atoms with Crippen LogP contribution in [0.5, 0.6) is 17.2 Å². The summed E-state index contributed by atoms with van der Waals surface area (Å²) < 4.78 is 19.5. The highest BCUT2D eigenvalue weighted by Crippen LogP contribution is 2.37. The number of hydrogen-bond donors (Lipinski definition) is 2. The second kappa shape index (κ2) is 18.7. The summed E-state index contributed by atoms with van der Waals surface area (Å²) in [7, 11) is 1.27. The minimum absolute atomic E-state index is 0.0666. The van der Waals surface area contributed by atoms with Gasteiger partial charge in [-0.3, -0.25) is 9.59 Å². The maximum Gasteiger partial charge on any atom is 0.410 e. The Morgan fingerprint density at radius 2 is 1.44 bits per heavy atom. The monoisotopic (exact) mass is 1110 g/mol. The van der Waals surface area contributed by atoms with Crippen molar-refractivity contribution >= 4 is 114 Å². The molecule has 1 atom stereocenters. The molecule has 3 aromatic carbocycles. The number of piperazine rings is 1. The molecule has 15 heteroatoms. The van der Waals surface area contributed by atoms with E-state index in [4.69, 9.17) is 14.2 Å². The number of phenolic OH excluding ortho intramolecular Hbond substituents is 1. The molecule has 0 bridgehead atoms. The highest BCUT2D eigenvalue weighted by molar-refractivity contribution is 14.1. The summed E-state index contributed by atoms with van der Waals surface area (Å²) in [6.07, 6.45) is 0.351. The van der Waals surface area contributed by atoms with E-state index in [1.807, 2.05) is 87.6 Å². The zero-order chi connectivity index (χ0) is 34.8. The van der Waals surface area contributed by atoms with Gasteiger partial charge in [0, 0.05) is 45.4 Å². The van der Waals surface area contributed by atoms with Gasteiger partial charge in [0.25, 0.3) is 0 Å². The summed E-state index contributed by atoms with van der Waals surface area (Å²) in [5, 5.41) is 12.8. The molecule has 11 nitrogen and oxygen atoms in total. The van der Waals surface area contributed by atoms with Gasteiger partial charge in [0.1, 0.15) is 24.1 Å². The Kier molecular flexibility index (Phi) is 15.1. The molecule has 0 saturated carbocycles. The van der Waals surface area contributed by atoms with Gasteiger partial charge in [-0.1, -0.05) is 30.3 Å². The molecule has 256 valence electrons. The van der Waals surface area contributed by atoms with Gasteiger partial charge in [-0.15, -0.1) is 0 Å². The van der Waals surface area contributed by atoms with Crippen molar-refractivity contribution in [3.05, 3.63) is 80.0 Å². The summed E-state index contributed by atoms with van der Waals surface area (Å²) in [5.74, 6) is 0.422. The first-order valence-electron chi connectivity index (χ1n) is 14.9. The van der Waals surface area contributed by atoms with Gasteiger partial charge in [-0.05, 0) is 132 Å². The van der Waals surface area contributed by atoms with Crippen LogP contribution in [0.3, 0.4) is 0 Å². The summed E-state index contributed by atoms with van der Waals surface area (Å²) in [6.45, 7) is 1.73. The van der Waals surface area contributed by atoms with Crippen molar-refractivity contribution < 1.29 is 38.5 Å². The number of ether oxygens (including phenoxy) is 3. The first-order valence-corrected chi connectivity index (χ1v) is 19.2. The van der Waals surface area contributed by atoms with Gasteiger partial charge >= 0.3 is 12.1 Å². The lowest BCUT2D eigenvalue weighted by molar-refractivity contribution is -0.145. The fourth-order valence-electron chi connectivity index (χ4n) is 4.89. The van der Waals surface area contributed by atoms with Crippen molar-refractivity contribution in [3.8, 4) is 17.2 Å². The molecule has 1 unspecified atom stereocenters. The number of amides is 3. The molecule has 0 aliphatic carbocycles. The van der Waals surface area contributed by atoms with E-state index in [2.05, 4.69) is 50.5 Å². The topological polar surface area (TPSA) is 135 Å². The van der Waals surface area contributed by atoms with E-state index < -0.39 is 18.1 Å². The van der Waals surface area contributed by atoms with Crippen LogP contribution < -0.4 is 10.1 Å². The zero-order valence-electron chi connectivity index (χ0n) is 25.8. The maximum absolute atomic E-state index is 12.8. The third-order valence-electron chi connectivity index (χ3n) is 7.42. The molecule has 4 rings (SSSR count). The van der Waals surface area contributed by atoms with Crippen LogP contribution in [-0.2, 0) is 36.9 Å². The van der Waals surface area contributed by atoms with Crippen LogP contribution in [-0.4, -0.2) is 78.1 Å². The third kappa shape index (κ3) is 11.2. The first kappa shape index (κ1) is 38.7. The number of methoxy groups -OCH3 is 1. The number of carbonyl (C=O) groups is 4. The smallest absolute Gasteiger partial charge is 0.410 e.